The largest absolute Gasteiger partial charge is 0.297 e. The zero-order valence-corrected chi connectivity index (χ0v) is 18.4. The number of thiazole rings is 1. The molecule has 0 radical (unpaired) electrons. The van der Waals surface area contributed by atoms with Gasteiger partial charge >= 0.3 is 0 Å². The van der Waals surface area contributed by atoms with Crippen molar-refractivity contribution in [2.75, 3.05) is 5.32 Å². The lowest BCUT2D eigenvalue weighted by Crippen LogP contribution is -2.13. The van der Waals surface area contributed by atoms with Crippen LogP contribution < -0.4 is 5.32 Å². The monoisotopic (exact) mass is 463 g/mol. The van der Waals surface area contributed by atoms with E-state index in [2.05, 4.69) is 10.3 Å². The Hall–Kier alpha value is -3.17. The average molecular weight is 464 g/mol. The van der Waals surface area contributed by atoms with E-state index < -0.39 is 5.91 Å². The Morgan fingerprint density at radius 1 is 1.10 bits per heavy atom. The molecule has 0 spiro atoms. The highest BCUT2D eigenvalue weighted by molar-refractivity contribution is 7.15. The van der Waals surface area contributed by atoms with Gasteiger partial charge in [-0.05, 0) is 40.1 Å². The summed E-state index contributed by atoms with van der Waals surface area (Å²) in [6.07, 6.45) is 3.91. The first-order valence-electron chi connectivity index (χ1n) is 9.33. The average Bonchev–Trinajstić information content (AvgIpc) is 3.21. The molecule has 1 heterocycles. The third kappa shape index (κ3) is 4.95. The van der Waals surface area contributed by atoms with Crippen LogP contribution in [0.4, 0.5) is 5.13 Å². The summed E-state index contributed by atoms with van der Waals surface area (Å²) < 4.78 is 0. The molecule has 0 aliphatic rings. The molecule has 0 saturated carbocycles. The Balaban J connectivity index is 1.51. The van der Waals surface area contributed by atoms with Gasteiger partial charge in [0.05, 0.1) is 10.0 Å². The number of hydrogen-bond donors (Lipinski definition) is 1. The van der Waals surface area contributed by atoms with E-state index in [1.165, 1.54) is 11.3 Å². The van der Waals surface area contributed by atoms with Crippen molar-refractivity contribution in [3.8, 4) is 6.07 Å². The zero-order valence-electron chi connectivity index (χ0n) is 16.1. The van der Waals surface area contributed by atoms with E-state index in [9.17, 15) is 10.1 Å². The van der Waals surface area contributed by atoms with Gasteiger partial charge in [-0.2, -0.15) is 5.26 Å². The lowest BCUT2D eigenvalue weighted by atomic mass is 10.0. The number of amides is 1. The molecule has 31 heavy (non-hydrogen) atoms. The normalized spacial score (nSPS) is 11.3. The van der Waals surface area contributed by atoms with Crippen molar-refractivity contribution in [2.24, 2.45) is 0 Å². The van der Waals surface area contributed by atoms with Crippen LogP contribution in [0.3, 0.4) is 0 Å². The molecule has 0 bridgehead atoms. The van der Waals surface area contributed by atoms with Crippen LogP contribution in [0.5, 0.6) is 0 Å². The summed E-state index contributed by atoms with van der Waals surface area (Å²) in [5, 5.41) is 15.7. The van der Waals surface area contributed by atoms with Crippen molar-refractivity contribution in [2.45, 2.75) is 6.42 Å². The minimum absolute atomic E-state index is 0.0117. The van der Waals surface area contributed by atoms with Crippen LogP contribution in [0.15, 0.2) is 72.4 Å². The smallest absolute Gasteiger partial charge is 0.268 e. The van der Waals surface area contributed by atoms with Crippen LogP contribution in [0.25, 0.3) is 16.8 Å². The van der Waals surface area contributed by atoms with Crippen LogP contribution >= 0.6 is 34.5 Å². The molecule has 0 atom stereocenters. The number of nitriles is 1. The first-order chi connectivity index (χ1) is 15.0. The molecular formula is C24H15Cl2N3OS. The topological polar surface area (TPSA) is 65.8 Å². The maximum atomic E-state index is 12.7. The molecule has 0 unspecified atom stereocenters. The van der Waals surface area contributed by atoms with Crippen LogP contribution in [-0.4, -0.2) is 10.9 Å². The molecule has 3 aromatic carbocycles. The van der Waals surface area contributed by atoms with Crippen molar-refractivity contribution in [1.29, 1.82) is 5.26 Å². The first-order valence-corrected chi connectivity index (χ1v) is 10.9. The number of nitrogens with zero attached hydrogens (tertiary/aromatic N) is 2. The summed E-state index contributed by atoms with van der Waals surface area (Å²) in [6, 6.07) is 21.0. The lowest BCUT2D eigenvalue weighted by Gasteiger charge is -2.04. The maximum absolute atomic E-state index is 12.7. The highest BCUT2D eigenvalue weighted by atomic mass is 35.5. The third-order valence-electron chi connectivity index (χ3n) is 4.62. The molecule has 4 rings (SSSR count). The molecular weight excluding hydrogens is 449 g/mol. The predicted molar refractivity (Wildman–Crippen MR) is 128 cm³/mol. The first kappa shape index (κ1) is 21.1. The van der Waals surface area contributed by atoms with Gasteiger partial charge in [0.1, 0.15) is 11.6 Å². The van der Waals surface area contributed by atoms with E-state index in [-0.39, 0.29) is 5.57 Å². The van der Waals surface area contributed by atoms with Gasteiger partial charge < -0.3 is 0 Å². The van der Waals surface area contributed by atoms with Gasteiger partial charge in [-0.15, -0.1) is 11.3 Å². The predicted octanol–water partition coefficient (Wildman–Crippen LogP) is 6.74. The number of carbonyl (C=O) groups is 1. The summed E-state index contributed by atoms with van der Waals surface area (Å²) in [6.45, 7) is 0. The lowest BCUT2D eigenvalue weighted by molar-refractivity contribution is -0.112. The summed E-state index contributed by atoms with van der Waals surface area (Å²) in [5.41, 5.74) is 1.81. The number of fused-ring (bicyclic) bond motifs is 1. The summed E-state index contributed by atoms with van der Waals surface area (Å²) >= 11 is 13.4. The van der Waals surface area contributed by atoms with E-state index in [4.69, 9.17) is 23.2 Å². The molecule has 1 N–H and O–H groups in total. The van der Waals surface area contributed by atoms with E-state index in [0.717, 1.165) is 26.8 Å². The van der Waals surface area contributed by atoms with Crippen LogP contribution in [0.1, 0.15) is 16.0 Å². The second-order valence-corrected chi connectivity index (χ2v) is 8.68. The quantitative estimate of drug-likeness (QED) is 0.263. The van der Waals surface area contributed by atoms with Gasteiger partial charge in [0, 0.05) is 17.5 Å². The number of aromatic nitrogens is 1. The number of halogens is 2. The molecule has 0 aliphatic heterocycles. The number of benzene rings is 3. The zero-order chi connectivity index (χ0) is 21.8. The summed E-state index contributed by atoms with van der Waals surface area (Å²) in [7, 11) is 0. The van der Waals surface area contributed by atoms with E-state index in [0.29, 0.717) is 21.6 Å². The van der Waals surface area contributed by atoms with Crippen molar-refractivity contribution in [3.05, 3.63) is 98.5 Å². The molecule has 0 fully saturated rings. The number of nitrogens with one attached hydrogen (secondary N) is 1. The maximum Gasteiger partial charge on any atom is 0.268 e. The highest BCUT2D eigenvalue weighted by Gasteiger charge is 2.13. The van der Waals surface area contributed by atoms with E-state index >= 15 is 0 Å². The van der Waals surface area contributed by atoms with Gasteiger partial charge in [0.2, 0.25) is 0 Å². The second kappa shape index (κ2) is 9.32. The Bertz CT molecular complexity index is 1350. The fourth-order valence-electron chi connectivity index (χ4n) is 3.14. The minimum Gasteiger partial charge on any atom is -0.297 e. The highest BCUT2D eigenvalue weighted by Crippen LogP contribution is 2.27. The standard InChI is InChI=1S/C24H15Cl2N3OS/c25-21-9-8-15(11-22(21)26)10-19-14-28-24(31-19)29-23(30)18(13-27)12-17-6-3-5-16-4-1-2-7-20(16)17/h1-9,11-12,14H,10H2,(H,28,29,30)/b18-12+. The minimum atomic E-state index is -0.495. The molecule has 152 valence electrons. The molecule has 0 aliphatic carbocycles. The van der Waals surface area contributed by atoms with E-state index in [1.54, 1.807) is 18.3 Å². The van der Waals surface area contributed by atoms with Crippen LogP contribution in [0.2, 0.25) is 10.0 Å². The molecule has 4 aromatic rings. The third-order valence-corrected chi connectivity index (χ3v) is 6.28. The van der Waals surface area contributed by atoms with Gasteiger partial charge in [-0.3, -0.25) is 10.1 Å². The molecule has 4 nitrogen and oxygen atoms in total. The van der Waals surface area contributed by atoms with Crippen molar-refractivity contribution >= 4 is 62.4 Å². The Morgan fingerprint density at radius 2 is 1.90 bits per heavy atom. The fraction of sp³-hybridized carbons (Fsp3) is 0.0417. The van der Waals surface area contributed by atoms with E-state index in [1.807, 2.05) is 60.7 Å². The second-order valence-electron chi connectivity index (χ2n) is 6.75. The Morgan fingerprint density at radius 3 is 2.71 bits per heavy atom. The fourth-order valence-corrected chi connectivity index (χ4v) is 4.31. The molecule has 7 heteroatoms. The van der Waals surface area contributed by atoms with Crippen molar-refractivity contribution in [1.82, 2.24) is 4.98 Å². The molecule has 0 saturated heterocycles. The van der Waals surface area contributed by atoms with Crippen LogP contribution in [0, 0.1) is 11.3 Å². The summed E-state index contributed by atoms with van der Waals surface area (Å²) in [5.74, 6) is -0.495. The Labute approximate surface area is 193 Å². The number of hydrogen-bond acceptors (Lipinski definition) is 4. The number of carbonyl (C=O) groups excluding carboxylic acids is 1. The van der Waals surface area contributed by atoms with Gasteiger partial charge in [0.15, 0.2) is 5.13 Å². The van der Waals surface area contributed by atoms with Gasteiger partial charge in [-0.1, -0.05) is 71.7 Å². The Kier molecular flexibility index (Phi) is 6.34. The molecule has 1 amide bonds. The number of anilines is 1. The number of rotatable bonds is 5. The van der Waals surface area contributed by atoms with Gasteiger partial charge in [-0.25, -0.2) is 4.98 Å². The van der Waals surface area contributed by atoms with Crippen molar-refractivity contribution in [3.63, 3.8) is 0 Å². The van der Waals surface area contributed by atoms with Crippen LogP contribution in [-0.2, 0) is 11.2 Å². The van der Waals surface area contributed by atoms with Crippen molar-refractivity contribution < 1.29 is 4.79 Å². The summed E-state index contributed by atoms with van der Waals surface area (Å²) in [4.78, 5) is 17.9. The van der Waals surface area contributed by atoms with Gasteiger partial charge in [0.25, 0.3) is 5.91 Å². The molecule has 1 aromatic heterocycles. The SMILES string of the molecule is N#C/C(=C\c1cccc2ccccc12)C(=O)Nc1ncc(Cc2ccc(Cl)c(Cl)c2)s1.